The van der Waals surface area contributed by atoms with Gasteiger partial charge in [0, 0.05) is 16.0 Å². The summed E-state index contributed by atoms with van der Waals surface area (Å²) in [5, 5.41) is 0.784. The van der Waals surface area contributed by atoms with Crippen LogP contribution in [0.5, 0.6) is 0 Å². The molecule has 0 radical (unpaired) electrons. The third-order valence-electron chi connectivity index (χ3n) is 2.57. The van der Waals surface area contributed by atoms with E-state index in [4.69, 9.17) is 17.3 Å². The van der Waals surface area contributed by atoms with Crippen LogP contribution in [0.25, 0.3) is 0 Å². The molecular formula is C13H18ClNO2S. The smallest absolute Gasteiger partial charge is 0.315 e. The van der Waals surface area contributed by atoms with Crippen molar-refractivity contribution < 1.29 is 9.53 Å². The monoisotopic (exact) mass is 287 g/mol. The van der Waals surface area contributed by atoms with Gasteiger partial charge in [0.1, 0.15) is 0 Å². The number of thioether (sulfide) groups is 1. The Balaban J connectivity index is 2.90. The minimum absolute atomic E-state index is 0.128. The molecule has 18 heavy (non-hydrogen) atoms. The Morgan fingerprint density at radius 1 is 1.50 bits per heavy atom. The first-order valence-corrected chi connectivity index (χ1v) is 7.11. The summed E-state index contributed by atoms with van der Waals surface area (Å²) in [6, 6.07) is 5.43. The van der Waals surface area contributed by atoms with Crippen LogP contribution in [0.15, 0.2) is 18.2 Å². The van der Waals surface area contributed by atoms with Crippen LogP contribution < -0.4 is 5.73 Å². The summed E-state index contributed by atoms with van der Waals surface area (Å²) in [6.07, 6.45) is 0. The summed E-state index contributed by atoms with van der Waals surface area (Å²) >= 11 is 7.52. The van der Waals surface area contributed by atoms with E-state index in [-0.39, 0.29) is 11.2 Å². The minimum Gasteiger partial charge on any atom is -0.468 e. The summed E-state index contributed by atoms with van der Waals surface area (Å²) in [6.45, 7) is 4.19. The number of hydrogen-bond donors (Lipinski definition) is 1. The third-order valence-corrected chi connectivity index (χ3v) is 4.36. The molecule has 0 saturated carbocycles. The first kappa shape index (κ1) is 15.2. The highest BCUT2D eigenvalue weighted by Crippen LogP contribution is 2.39. The van der Waals surface area contributed by atoms with Crippen molar-refractivity contribution in [3.05, 3.63) is 28.8 Å². The van der Waals surface area contributed by atoms with Gasteiger partial charge in [0.15, 0.2) is 0 Å². The number of benzene rings is 1. The van der Waals surface area contributed by atoms with Crippen LogP contribution in [-0.4, -0.2) is 18.8 Å². The first-order chi connectivity index (χ1) is 8.45. The summed E-state index contributed by atoms with van der Waals surface area (Å²) in [7, 11) is 1.39. The second-order valence-corrected chi connectivity index (χ2v) is 5.89. The molecule has 0 amide bonds. The minimum atomic E-state index is -0.230. The Morgan fingerprint density at radius 3 is 2.72 bits per heavy atom. The molecule has 1 aromatic carbocycles. The van der Waals surface area contributed by atoms with Gasteiger partial charge in [0.05, 0.1) is 12.9 Å². The zero-order chi connectivity index (χ0) is 13.7. The van der Waals surface area contributed by atoms with E-state index < -0.39 is 0 Å². The lowest BCUT2D eigenvalue weighted by atomic mass is 10.0. The highest BCUT2D eigenvalue weighted by atomic mass is 35.5. The van der Waals surface area contributed by atoms with Crippen molar-refractivity contribution in [3.8, 4) is 0 Å². The number of ether oxygens (including phenoxy) is 1. The van der Waals surface area contributed by atoms with Crippen molar-refractivity contribution in [1.82, 2.24) is 0 Å². The third kappa shape index (κ3) is 4.10. The molecule has 0 heterocycles. The molecule has 0 aliphatic carbocycles. The van der Waals surface area contributed by atoms with E-state index in [1.165, 1.54) is 18.9 Å². The van der Waals surface area contributed by atoms with Crippen LogP contribution in [-0.2, 0) is 9.53 Å². The Morgan fingerprint density at radius 2 is 2.17 bits per heavy atom. The number of nitrogen functional groups attached to an aromatic ring is 1. The Bertz CT molecular complexity index is 423. The maximum Gasteiger partial charge on any atom is 0.315 e. The number of hydrogen-bond acceptors (Lipinski definition) is 4. The zero-order valence-electron chi connectivity index (χ0n) is 10.8. The molecule has 0 aliphatic rings. The van der Waals surface area contributed by atoms with Crippen LogP contribution in [0.1, 0.15) is 24.7 Å². The lowest BCUT2D eigenvalue weighted by Gasteiger charge is -2.22. The number of rotatable bonds is 5. The maximum atomic E-state index is 11.2. The lowest BCUT2D eigenvalue weighted by molar-refractivity contribution is -0.137. The first-order valence-electron chi connectivity index (χ1n) is 5.69. The average Bonchev–Trinajstić information content (AvgIpc) is 2.32. The van der Waals surface area contributed by atoms with E-state index in [0.29, 0.717) is 22.4 Å². The fourth-order valence-electron chi connectivity index (χ4n) is 1.65. The predicted molar refractivity (Wildman–Crippen MR) is 77.9 cm³/mol. The van der Waals surface area contributed by atoms with E-state index in [9.17, 15) is 4.79 Å². The standard InChI is InChI=1S/C13H18ClNO2S/c1-8(2)13(18-7-12(16)17-3)10-6-9(14)4-5-11(10)15/h4-6,8,13H,7,15H2,1-3H3. The van der Waals surface area contributed by atoms with Crippen LogP contribution >= 0.6 is 23.4 Å². The highest BCUT2D eigenvalue weighted by molar-refractivity contribution is 8.00. The molecule has 0 bridgehead atoms. The number of carbonyl (C=O) groups excluding carboxylic acids is 1. The van der Waals surface area contributed by atoms with Gasteiger partial charge in [-0.3, -0.25) is 4.79 Å². The van der Waals surface area contributed by atoms with Gasteiger partial charge in [-0.15, -0.1) is 11.8 Å². The van der Waals surface area contributed by atoms with Crippen LogP contribution in [0.2, 0.25) is 5.02 Å². The Hall–Kier alpha value is -0.870. The van der Waals surface area contributed by atoms with Crippen molar-refractivity contribution >= 4 is 35.0 Å². The molecule has 0 fully saturated rings. The van der Waals surface area contributed by atoms with Gasteiger partial charge in [-0.1, -0.05) is 25.4 Å². The summed E-state index contributed by atoms with van der Waals surface area (Å²) < 4.78 is 4.65. The van der Waals surface area contributed by atoms with Gasteiger partial charge in [-0.05, 0) is 29.7 Å². The fraction of sp³-hybridized carbons (Fsp3) is 0.462. The Kier molecular flexibility index (Phi) is 5.82. The molecule has 0 aliphatic heterocycles. The Labute approximate surface area is 117 Å². The van der Waals surface area contributed by atoms with E-state index in [1.54, 1.807) is 12.1 Å². The molecule has 0 spiro atoms. The zero-order valence-corrected chi connectivity index (χ0v) is 12.3. The SMILES string of the molecule is COC(=O)CSC(c1cc(Cl)ccc1N)C(C)C. The van der Waals surface area contributed by atoms with Crippen LogP contribution in [0, 0.1) is 5.92 Å². The van der Waals surface area contributed by atoms with E-state index in [0.717, 1.165) is 5.56 Å². The van der Waals surface area contributed by atoms with E-state index in [2.05, 4.69) is 18.6 Å². The largest absolute Gasteiger partial charge is 0.468 e. The molecule has 0 saturated heterocycles. The highest BCUT2D eigenvalue weighted by Gasteiger charge is 2.20. The molecule has 1 aromatic rings. The van der Waals surface area contributed by atoms with Crippen molar-refractivity contribution in [2.75, 3.05) is 18.6 Å². The van der Waals surface area contributed by atoms with Crippen LogP contribution in [0.4, 0.5) is 5.69 Å². The topological polar surface area (TPSA) is 52.3 Å². The van der Waals surface area contributed by atoms with Gasteiger partial charge >= 0.3 is 5.97 Å². The van der Waals surface area contributed by atoms with E-state index in [1.807, 2.05) is 6.07 Å². The predicted octanol–water partition coefficient (Wildman–Crippen LogP) is 3.53. The number of methoxy groups -OCH3 is 1. The van der Waals surface area contributed by atoms with Gasteiger partial charge in [0.2, 0.25) is 0 Å². The number of carbonyl (C=O) groups is 1. The lowest BCUT2D eigenvalue weighted by Crippen LogP contribution is -2.11. The van der Waals surface area contributed by atoms with Crippen molar-refractivity contribution in [1.29, 1.82) is 0 Å². The molecule has 100 valence electrons. The molecular weight excluding hydrogens is 270 g/mol. The second kappa shape index (κ2) is 6.90. The molecule has 0 aromatic heterocycles. The van der Waals surface area contributed by atoms with Crippen molar-refractivity contribution in [3.63, 3.8) is 0 Å². The normalized spacial score (nSPS) is 12.5. The quantitative estimate of drug-likeness (QED) is 0.665. The fourth-order valence-corrected chi connectivity index (χ4v) is 3.03. The van der Waals surface area contributed by atoms with Crippen LogP contribution in [0.3, 0.4) is 0 Å². The molecule has 3 nitrogen and oxygen atoms in total. The molecule has 1 unspecified atom stereocenters. The number of anilines is 1. The van der Waals surface area contributed by atoms with Gasteiger partial charge in [-0.2, -0.15) is 0 Å². The van der Waals surface area contributed by atoms with Gasteiger partial charge < -0.3 is 10.5 Å². The summed E-state index contributed by atoms with van der Waals surface area (Å²) in [4.78, 5) is 11.2. The second-order valence-electron chi connectivity index (χ2n) is 4.32. The number of nitrogens with two attached hydrogens (primary N) is 1. The molecule has 5 heteroatoms. The molecule has 2 N–H and O–H groups in total. The van der Waals surface area contributed by atoms with Crippen molar-refractivity contribution in [2.45, 2.75) is 19.1 Å². The average molecular weight is 288 g/mol. The maximum absolute atomic E-state index is 11.2. The van der Waals surface area contributed by atoms with E-state index >= 15 is 0 Å². The van der Waals surface area contributed by atoms with Gasteiger partial charge in [-0.25, -0.2) is 0 Å². The van der Waals surface area contributed by atoms with Crippen molar-refractivity contribution in [2.24, 2.45) is 5.92 Å². The summed E-state index contributed by atoms with van der Waals surface area (Å²) in [5.41, 5.74) is 7.66. The van der Waals surface area contributed by atoms with Gasteiger partial charge in [0.25, 0.3) is 0 Å². The number of halogens is 1. The molecule has 1 atom stereocenters. The summed E-state index contributed by atoms with van der Waals surface area (Å²) in [5.74, 6) is 0.428. The number of esters is 1. The molecule has 1 rings (SSSR count).